The van der Waals surface area contributed by atoms with Gasteiger partial charge in [0.25, 0.3) is 5.91 Å². The van der Waals surface area contributed by atoms with Crippen LogP contribution >= 0.6 is 11.6 Å². The van der Waals surface area contributed by atoms with Crippen LogP contribution < -0.4 is 5.32 Å². The summed E-state index contributed by atoms with van der Waals surface area (Å²) in [4.78, 5) is 22.7. The maximum absolute atomic E-state index is 11.9. The number of nitrogens with one attached hydrogen (secondary N) is 1. The lowest BCUT2D eigenvalue weighted by Crippen LogP contribution is -2.30. The number of hydrogen-bond acceptors (Lipinski definition) is 4. The normalized spacial score (nSPS) is 21.2. The van der Waals surface area contributed by atoms with Crippen molar-refractivity contribution in [1.82, 2.24) is 0 Å². The van der Waals surface area contributed by atoms with E-state index in [4.69, 9.17) is 26.7 Å². The van der Waals surface area contributed by atoms with Gasteiger partial charge in [-0.05, 0) is 31.0 Å². The highest BCUT2D eigenvalue weighted by atomic mass is 35.5. The molecule has 1 amide bonds. The zero-order valence-electron chi connectivity index (χ0n) is 10.3. The fourth-order valence-corrected chi connectivity index (χ4v) is 2.14. The number of ether oxygens (including phenoxy) is 1. The summed E-state index contributed by atoms with van der Waals surface area (Å²) in [5.74, 6) is -1.52. The number of benzene rings is 1. The van der Waals surface area contributed by atoms with Crippen LogP contribution in [0, 0.1) is 11.3 Å². The van der Waals surface area contributed by atoms with Gasteiger partial charge in [-0.2, -0.15) is 5.26 Å². The van der Waals surface area contributed by atoms with Crippen LogP contribution in [0.15, 0.2) is 18.2 Å². The Morgan fingerprint density at radius 2 is 2.10 bits per heavy atom. The smallest absolute Gasteiger partial charge is 0.332 e. The number of amides is 1. The Morgan fingerprint density at radius 1 is 1.40 bits per heavy atom. The van der Waals surface area contributed by atoms with E-state index in [0.717, 1.165) is 0 Å². The second-order valence-corrected chi connectivity index (χ2v) is 4.73. The van der Waals surface area contributed by atoms with Crippen LogP contribution in [0.1, 0.15) is 18.4 Å². The molecule has 2 unspecified atom stereocenters. The van der Waals surface area contributed by atoms with Crippen LogP contribution in [0.5, 0.6) is 0 Å². The van der Waals surface area contributed by atoms with Crippen molar-refractivity contribution in [3.63, 3.8) is 0 Å². The molecule has 1 heterocycles. The third-order valence-electron chi connectivity index (χ3n) is 2.94. The van der Waals surface area contributed by atoms with E-state index in [2.05, 4.69) is 5.32 Å². The number of carbonyl (C=O) groups is 2. The lowest BCUT2D eigenvalue weighted by atomic mass is 10.1. The van der Waals surface area contributed by atoms with Gasteiger partial charge in [0.15, 0.2) is 6.10 Å². The topological polar surface area (TPSA) is 99.4 Å². The molecule has 1 aliphatic rings. The molecular weight excluding hydrogens is 284 g/mol. The first-order chi connectivity index (χ1) is 9.51. The molecule has 7 heteroatoms. The lowest BCUT2D eigenvalue weighted by Gasteiger charge is -2.12. The van der Waals surface area contributed by atoms with Crippen molar-refractivity contribution >= 4 is 29.2 Å². The molecule has 0 spiro atoms. The van der Waals surface area contributed by atoms with E-state index in [0.29, 0.717) is 24.1 Å². The Bertz CT molecular complexity index is 597. The molecule has 0 aliphatic carbocycles. The minimum atomic E-state index is -1.07. The molecule has 0 saturated carbocycles. The number of halogens is 1. The van der Waals surface area contributed by atoms with Crippen LogP contribution in [0.3, 0.4) is 0 Å². The fraction of sp³-hybridized carbons (Fsp3) is 0.308. The van der Waals surface area contributed by atoms with Crippen molar-refractivity contribution in [2.24, 2.45) is 0 Å². The van der Waals surface area contributed by atoms with Crippen LogP contribution in [0.25, 0.3) is 0 Å². The predicted octanol–water partition coefficient (Wildman–Crippen LogP) is 1.78. The highest BCUT2D eigenvalue weighted by Crippen LogP contribution is 2.25. The molecule has 1 saturated heterocycles. The van der Waals surface area contributed by atoms with E-state index >= 15 is 0 Å². The molecule has 0 radical (unpaired) electrons. The molecule has 6 nitrogen and oxygen atoms in total. The highest BCUT2D eigenvalue weighted by Gasteiger charge is 2.34. The van der Waals surface area contributed by atoms with Crippen molar-refractivity contribution in [1.29, 1.82) is 5.26 Å². The van der Waals surface area contributed by atoms with Gasteiger partial charge in [0.1, 0.15) is 6.10 Å². The van der Waals surface area contributed by atoms with E-state index in [1.807, 2.05) is 6.07 Å². The maximum Gasteiger partial charge on any atom is 0.332 e. The lowest BCUT2D eigenvalue weighted by molar-refractivity contribution is -0.150. The molecule has 1 fully saturated rings. The molecule has 20 heavy (non-hydrogen) atoms. The molecule has 2 atom stereocenters. The van der Waals surface area contributed by atoms with E-state index in [-0.39, 0.29) is 5.02 Å². The number of nitriles is 1. The number of nitrogens with zero attached hydrogens (tertiary/aromatic N) is 1. The van der Waals surface area contributed by atoms with Gasteiger partial charge in [-0.25, -0.2) is 4.79 Å². The number of anilines is 1. The summed E-state index contributed by atoms with van der Waals surface area (Å²) in [6, 6.07) is 6.41. The highest BCUT2D eigenvalue weighted by molar-refractivity contribution is 6.33. The van der Waals surface area contributed by atoms with Gasteiger partial charge in [-0.15, -0.1) is 0 Å². The van der Waals surface area contributed by atoms with Crippen LogP contribution in [0.2, 0.25) is 5.02 Å². The summed E-state index contributed by atoms with van der Waals surface area (Å²) in [7, 11) is 0. The van der Waals surface area contributed by atoms with Crippen LogP contribution in [-0.4, -0.2) is 29.2 Å². The number of aliphatic carboxylic acids is 1. The quantitative estimate of drug-likeness (QED) is 0.885. The van der Waals surface area contributed by atoms with Gasteiger partial charge in [-0.1, -0.05) is 11.6 Å². The third-order valence-corrected chi connectivity index (χ3v) is 3.26. The number of hydrogen-bond donors (Lipinski definition) is 2. The SMILES string of the molecule is N#Cc1ccc(NC(=O)C2CCC(C(=O)O)O2)c(Cl)c1. The van der Waals surface area contributed by atoms with Gasteiger partial charge in [0.05, 0.1) is 22.3 Å². The predicted molar refractivity (Wildman–Crippen MR) is 70.3 cm³/mol. The van der Waals surface area contributed by atoms with E-state index in [1.54, 1.807) is 0 Å². The molecule has 1 aromatic rings. The van der Waals surface area contributed by atoms with Gasteiger partial charge in [-0.3, -0.25) is 4.79 Å². The van der Waals surface area contributed by atoms with Crippen molar-refractivity contribution in [2.45, 2.75) is 25.0 Å². The molecule has 104 valence electrons. The van der Waals surface area contributed by atoms with Crippen LogP contribution in [0.4, 0.5) is 5.69 Å². The summed E-state index contributed by atoms with van der Waals surface area (Å²) >= 11 is 5.94. The van der Waals surface area contributed by atoms with E-state index < -0.39 is 24.1 Å². The standard InChI is InChI=1S/C13H11ClN2O4/c14-8-5-7(6-15)1-2-9(8)16-12(17)10-3-4-11(20-10)13(18)19/h1-2,5,10-11H,3-4H2,(H,16,17)(H,18,19). The first-order valence-corrected chi connectivity index (χ1v) is 6.28. The number of rotatable bonds is 3. The van der Waals surface area contributed by atoms with Gasteiger partial charge in [0.2, 0.25) is 0 Å². The summed E-state index contributed by atoms with van der Waals surface area (Å²) in [6.07, 6.45) is -1.10. The Morgan fingerprint density at radius 3 is 2.65 bits per heavy atom. The molecule has 1 aromatic carbocycles. The number of carbonyl (C=O) groups excluding carboxylic acids is 1. The first kappa shape index (κ1) is 14.3. The van der Waals surface area contributed by atoms with Crippen molar-refractivity contribution in [2.75, 3.05) is 5.32 Å². The Kier molecular flexibility index (Phi) is 4.23. The van der Waals surface area contributed by atoms with Gasteiger partial charge in [0, 0.05) is 0 Å². The molecule has 0 aromatic heterocycles. The van der Waals surface area contributed by atoms with E-state index in [9.17, 15) is 9.59 Å². The molecule has 2 N–H and O–H groups in total. The molecule has 1 aliphatic heterocycles. The summed E-state index contributed by atoms with van der Waals surface area (Å²) in [5.41, 5.74) is 0.745. The largest absolute Gasteiger partial charge is 0.479 e. The van der Waals surface area contributed by atoms with Gasteiger partial charge >= 0.3 is 5.97 Å². The van der Waals surface area contributed by atoms with Crippen molar-refractivity contribution in [3.8, 4) is 6.07 Å². The molecular formula is C13H11ClN2O4. The third kappa shape index (κ3) is 3.07. The van der Waals surface area contributed by atoms with Crippen LogP contribution in [-0.2, 0) is 14.3 Å². The molecule has 0 bridgehead atoms. The first-order valence-electron chi connectivity index (χ1n) is 5.90. The Labute approximate surface area is 119 Å². The minimum absolute atomic E-state index is 0.241. The number of carboxylic acid groups (broad SMARTS) is 1. The Hall–Kier alpha value is -2.10. The summed E-state index contributed by atoms with van der Waals surface area (Å²) in [5, 5.41) is 20.3. The summed E-state index contributed by atoms with van der Waals surface area (Å²) in [6.45, 7) is 0. The number of carboxylic acids is 1. The zero-order chi connectivity index (χ0) is 14.7. The molecule has 2 rings (SSSR count). The summed E-state index contributed by atoms with van der Waals surface area (Å²) < 4.78 is 5.13. The fourth-order valence-electron chi connectivity index (χ4n) is 1.91. The van der Waals surface area contributed by atoms with Crippen molar-refractivity contribution < 1.29 is 19.4 Å². The second-order valence-electron chi connectivity index (χ2n) is 4.32. The zero-order valence-corrected chi connectivity index (χ0v) is 11.1. The Balaban J connectivity index is 2.02. The van der Waals surface area contributed by atoms with Gasteiger partial charge < -0.3 is 15.2 Å². The average Bonchev–Trinajstić information content (AvgIpc) is 2.91. The van der Waals surface area contributed by atoms with Crippen molar-refractivity contribution in [3.05, 3.63) is 28.8 Å². The average molecular weight is 295 g/mol. The second kappa shape index (κ2) is 5.90. The maximum atomic E-state index is 11.9. The van der Waals surface area contributed by atoms with E-state index in [1.165, 1.54) is 18.2 Å². The monoisotopic (exact) mass is 294 g/mol. The minimum Gasteiger partial charge on any atom is -0.479 e.